The van der Waals surface area contributed by atoms with Crippen molar-refractivity contribution in [2.75, 3.05) is 37.6 Å². The first-order valence-corrected chi connectivity index (χ1v) is 12.2. The summed E-state index contributed by atoms with van der Waals surface area (Å²) in [6.07, 6.45) is 0. The van der Waals surface area contributed by atoms with Crippen LogP contribution in [-0.2, 0) is 14.3 Å². The van der Waals surface area contributed by atoms with Crippen LogP contribution >= 0.6 is 11.6 Å². The van der Waals surface area contributed by atoms with E-state index in [2.05, 4.69) is 0 Å². The number of esters is 1. The lowest BCUT2D eigenvalue weighted by Crippen LogP contribution is -2.29. The van der Waals surface area contributed by atoms with Crippen LogP contribution in [0.4, 0.5) is 11.4 Å². The van der Waals surface area contributed by atoms with Gasteiger partial charge in [-0.15, -0.1) is 0 Å². The molecule has 1 unspecified atom stereocenters. The average molecular weight is 535 g/mol. The van der Waals surface area contributed by atoms with E-state index in [1.807, 2.05) is 38.1 Å². The number of hydrogen-bond donors (Lipinski definition) is 1. The molecule has 9 heteroatoms. The lowest BCUT2D eigenvalue weighted by molar-refractivity contribution is -0.132. The van der Waals surface area contributed by atoms with Gasteiger partial charge in [0.05, 0.1) is 35.9 Å². The fourth-order valence-electron chi connectivity index (χ4n) is 4.33. The van der Waals surface area contributed by atoms with Crippen LogP contribution in [-0.4, -0.2) is 50.6 Å². The third-order valence-electron chi connectivity index (χ3n) is 6.24. The number of ether oxygens (including phenoxy) is 2. The first-order chi connectivity index (χ1) is 18.2. The Hall–Kier alpha value is -4.30. The van der Waals surface area contributed by atoms with Crippen molar-refractivity contribution in [1.82, 2.24) is 0 Å². The van der Waals surface area contributed by atoms with Crippen molar-refractivity contribution in [1.29, 1.82) is 0 Å². The maximum absolute atomic E-state index is 13.4. The van der Waals surface area contributed by atoms with Gasteiger partial charge in [-0.1, -0.05) is 23.7 Å². The second-order valence-electron chi connectivity index (χ2n) is 8.77. The standard InChI is InChI=1S/C29H27ClN2O6/c1-5-38-21-14-15-23(30)22(16-21)26(33)24-25(17-6-10-19(11-7-17)31(2)3)32(28(35)27(24)34)20-12-8-18(9-13-20)29(36)37-4/h6-16,25,33H,5H2,1-4H3/b26-24+. The number of aliphatic hydroxyl groups excluding tert-OH is 1. The zero-order valence-corrected chi connectivity index (χ0v) is 22.2. The number of methoxy groups -OCH3 is 1. The molecule has 3 aromatic rings. The number of halogens is 1. The van der Waals surface area contributed by atoms with E-state index in [0.29, 0.717) is 29.2 Å². The van der Waals surface area contributed by atoms with Gasteiger partial charge in [0.25, 0.3) is 11.7 Å². The first kappa shape index (κ1) is 26.8. The summed E-state index contributed by atoms with van der Waals surface area (Å²) in [4.78, 5) is 42.0. The van der Waals surface area contributed by atoms with Gasteiger partial charge in [-0.05, 0) is 67.1 Å². The van der Waals surface area contributed by atoms with Gasteiger partial charge in [0.15, 0.2) is 0 Å². The van der Waals surface area contributed by atoms with E-state index in [0.717, 1.165) is 5.69 Å². The second-order valence-corrected chi connectivity index (χ2v) is 9.18. The summed E-state index contributed by atoms with van der Waals surface area (Å²) in [7, 11) is 5.08. The van der Waals surface area contributed by atoms with E-state index in [9.17, 15) is 19.5 Å². The third kappa shape index (κ3) is 4.95. The Morgan fingerprint density at radius 3 is 2.26 bits per heavy atom. The van der Waals surface area contributed by atoms with Crippen LogP contribution in [0.3, 0.4) is 0 Å². The first-order valence-electron chi connectivity index (χ1n) is 11.9. The van der Waals surface area contributed by atoms with Crippen molar-refractivity contribution < 1.29 is 29.0 Å². The molecule has 0 saturated carbocycles. The Labute approximate surface area is 225 Å². The molecule has 0 aromatic heterocycles. The van der Waals surface area contributed by atoms with Gasteiger partial charge in [0.2, 0.25) is 0 Å². The molecule has 1 aliphatic rings. The number of hydrogen-bond acceptors (Lipinski definition) is 7. The Kier molecular flexibility index (Phi) is 7.73. The second kappa shape index (κ2) is 11.0. The minimum Gasteiger partial charge on any atom is -0.507 e. The highest BCUT2D eigenvalue weighted by molar-refractivity contribution is 6.52. The predicted molar refractivity (Wildman–Crippen MR) is 146 cm³/mol. The number of carbonyl (C=O) groups excluding carboxylic acids is 3. The average Bonchev–Trinajstić information content (AvgIpc) is 3.19. The molecule has 196 valence electrons. The smallest absolute Gasteiger partial charge is 0.337 e. The lowest BCUT2D eigenvalue weighted by Gasteiger charge is -2.26. The SMILES string of the molecule is CCOc1ccc(Cl)c(/C(O)=C2\C(=O)C(=O)N(c3ccc(C(=O)OC)cc3)C2c2ccc(N(C)C)cc2)c1. The highest BCUT2D eigenvalue weighted by Gasteiger charge is 2.47. The number of ketones is 1. The molecule has 1 N–H and O–H groups in total. The van der Waals surface area contributed by atoms with E-state index < -0.39 is 29.5 Å². The molecule has 1 saturated heterocycles. The molecule has 1 amide bonds. The van der Waals surface area contributed by atoms with Crippen LogP contribution in [0.1, 0.15) is 34.5 Å². The van der Waals surface area contributed by atoms with Gasteiger partial charge in [-0.25, -0.2) is 4.79 Å². The molecule has 0 aliphatic carbocycles. The summed E-state index contributed by atoms with van der Waals surface area (Å²) in [6, 6.07) is 17.2. The number of nitrogens with zero attached hydrogens (tertiary/aromatic N) is 2. The fourth-order valence-corrected chi connectivity index (χ4v) is 4.54. The fraction of sp³-hybridized carbons (Fsp3) is 0.207. The maximum Gasteiger partial charge on any atom is 0.337 e. The summed E-state index contributed by atoms with van der Waals surface area (Å²) in [5.41, 5.74) is 2.24. The van der Waals surface area contributed by atoms with Gasteiger partial charge < -0.3 is 19.5 Å². The number of Topliss-reactive ketones (excluding diaryl/α,β-unsaturated/α-hetero) is 1. The predicted octanol–water partition coefficient (Wildman–Crippen LogP) is 5.22. The minimum absolute atomic E-state index is 0.111. The van der Waals surface area contributed by atoms with Crippen LogP contribution < -0.4 is 14.5 Å². The number of carbonyl (C=O) groups is 3. The maximum atomic E-state index is 13.4. The number of amides is 1. The van der Waals surface area contributed by atoms with E-state index in [1.54, 1.807) is 36.4 Å². The summed E-state index contributed by atoms with van der Waals surface area (Å²) < 4.78 is 10.3. The molecule has 38 heavy (non-hydrogen) atoms. The van der Waals surface area contributed by atoms with Crippen molar-refractivity contribution in [2.24, 2.45) is 0 Å². The van der Waals surface area contributed by atoms with Gasteiger partial charge in [-0.3, -0.25) is 14.5 Å². The molecule has 8 nitrogen and oxygen atoms in total. The summed E-state index contributed by atoms with van der Waals surface area (Å²) in [5, 5.41) is 11.6. The van der Waals surface area contributed by atoms with Crippen LogP contribution in [0.25, 0.3) is 5.76 Å². The highest BCUT2D eigenvalue weighted by Crippen LogP contribution is 2.43. The van der Waals surface area contributed by atoms with E-state index >= 15 is 0 Å². The molecule has 1 aliphatic heterocycles. The van der Waals surface area contributed by atoms with Crippen molar-refractivity contribution >= 4 is 46.4 Å². The van der Waals surface area contributed by atoms with Crippen LogP contribution in [0, 0.1) is 0 Å². The molecule has 1 atom stereocenters. The quantitative estimate of drug-likeness (QED) is 0.192. The number of benzene rings is 3. The molecular weight excluding hydrogens is 508 g/mol. The normalized spacial score (nSPS) is 16.4. The van der Waals surface area contributed by atoms with Crippen LogP contribution in [0.2, 0.25) is 5.02 Å². The Morgan fingerprint density at radius 1 is 1.03 bits per heavy atom. The highest BCUT2D eigenvalue weighted by atomic mass is 35.5. The summed E-state index contributed by atoms with van der Waals surface area (Å²) >= 11 is 6.41. The molecule has 4 rings (SSSR count). The van der Waals surface area contributed by atoms with E-state index in [4.69, 9.17) is 21.1 Å². The van der Waals surface area contributed by atoms with Gasteiger partial charge in [0.1, 0.15) is 11.5 Å². The van der Waals surface area contributed by atoms with E-state index in [1.165, 1.54) is 30.2 Å². The summed E-state index contributed by atoms with van der Waals surface area (Å²) in [6.45, 7) is 2.22. The molecule has 0 bridgehead atoms. The van der Waals surface area contributed by atoms with Crippen LogP contribution in [0.15, 0.2) is 72.3 Å². The van der Waals surface area contributed by atoms with Crippen molar-refractivity contribution in [3.05, 3.63) is 94.0 Å². The monoisotopic (exact) mass is 534 g/mol. The Morgan fingerprint density at radius 2 is 1.68 bits per heavy atom. The largest absolute Gasteiger partial charge is 0.507 e. The summed E-state index contributed by atoms with van der Waals surface area (Å²) in [5.74, 6) is -2.17. The zero-order valence-electron chi connectivity index (χ0n) is 21.4. The molecule has 1 fully saturated rings. The number of anilines is 2. The number of rotatable bonds is 7. The number of aliphatic hydroxyl groups is 1. The Bertz CT molecular complexity index is 1410. The van der Waals surface area contributed by atoms with Crippen molar-refractivity contribution in [2.45, 2.75) is 13.0 Å². The third-order valence-corrected chi connectivity index (χ3v) is 6.57. The molecule has 0 radical (unpaired) electrons. The molecule has 3 aromatic carbocycles. The van der Waals surface area contributed by atoms with E-state index in [-0.39, 0.29) is 16.2 Å². The molecule has 1 heterocycles. The van der Waals surface area contributed by atoms with Gasteiger partial charge >= 0.3 is 5.97 Å². The molecule has 0 spiro atoms. The van der Waals surface area contributed by atoms with Gasteiger partial charge in [0, 0.05) is 31.0 Å². The lowest BCUT2D eigenvalue weighted by atomic mass is 9.94. The Balaban J connectivity index is 1.91. The van der Waals surface area contributed by atoms with Crippen molar-refractivity contribution in [3.63, 3.8) is 0 Å². The van der Waals surface area contributed by atoms with Crippen LogP contribution in [0.5, 0.6) is 5.75 Å². The minimum atomic E-state index is -0.956. The van der Waals surface area contributed by atoms with Crippen molar-refractivity contribution in [3.8, 4) is 5.75 Å². The zero-order chi connectivity index (χ0) is 27.6. The molecular formula is C29H27ClN2O6. The topological polar surface area (TPSA) is 96.4 Å². The van der Waals surface area contributed by atoms with Gasteiger partial charge in [-0.2, -0.15) is 0 Å².